The van der Waals surface area contributed by atoms with Crippen LogP contribution in [0, 0.1) is 5.82 Å². The summed E-state index contributed by atoms with van der Waals surface area (Å²) in [5.41, 5.74) is 0.265. The maximum atomic E-state index is 13.8. The van der Waals surface area contributed by atoms with Crippen LogP contribution >= 0.6 is 15.9 Å². The smallest absolute Gasteiger partial charge is 0.138 e. The van der Waals surface area contributed by atoms with E-state index >= 15 is 0 Å². The summed E-state index contributed by atoms with van der Waals surface area (Å²) in [4.78, 5) is 4.11. The van der Waals surface area contributed by atoms with E-state index in [2.05, 4.69) is 26.0 Å². The number of benzene rings is 1. The second kappa shape index (κ2) is 5.79. The molecule has 0 fully saturated rings. The van der Waals surface area contributed by atoms with Crippen molar-refractivity contribution in [2.45, 2.75) is 32.4 Å². The van der Waals surface area contributed by atoms with Crippen LogP contribution in [-0.2, 0) is 6.42 Å². The number of halogens is 2. The summed E-state index contributed by atoms with van der Waals surface area (Å²) in [6.45, 7) is 3.95. The number of aromatic nitrogens is 3. The molecule has 0 amide bonds. The number of hydrogen-bond acceptors (Lipinski definition) is 3. The van der Waals surface area contributed by atoms with Crippen LogP contribution in [0.3, 0.4) is 0 Å². The highest BCUT2D eigenvalue weighted by molar-refractivity contribution is 9.10. The molecule has 1 heterocycles. The molecule has 2 rings (SSSR count). The number of aliphatic hydroxyl groups excluding tert-OH is 1. The average Bonchev–Trinajstić information content (AvgIpc) is 2.76. The van der Waals surface area contributed by atoms with Crippen LogP contribution in [0.25, 0.3) is 0 Å². The van der Waals surface area contributed by atoms with Crippen LogP contribution in [0.15, 0.2) is 29.0 Å². The van der Waals surface area contributed by atoms with E-state index in [4.69, 9.17) is 0 Å². The van der Waals surface area contributed by atoms with Crippen molar-refractivity contribution in [1.29, 1.82) is 0 Å². The zero-order chi connectivity index (χ0) is 14.0. The minimum absolute atomic E-state index is 0.152. The van der Waals surface area contributed by atoms with Gasteiger partial charge >= 0.3 is 0 Å². The Bertz CT molecular complexity index is 571. The monoisotopic (exact) mass is 327 g/mol. The summed E-state index contributed by atoms with van der Waals surface area (Å²) in [6.07, 6.45) is 0.742. The van der Waals surface area contributed by atoms with Gasteiger partial charge in [0.25, 0.3) is 0 Å². The first kappa shape index (κ1) is 14.1. The average molecular weight is 328 g/mol. The molecule has 4 nitrogen and oxygen atoms in total. The van der Waals surface area contributed by atoms with Gasteiger partial charge in [-0.05, 0) is 26.0 Å². The lowest BCUT2D eigenvalue weighted by molar-refractivity contribution is 0.168. The normalized spacial score (nSPS) is 12.9. The molecule has 0 saturated carbocycles. The minimum atomic E-state index is -0.935. The van der Waals surface area contributed by atoms with Crippen molar-refractivity contribution in [3.63, 3.8) is 0 Å². The first-order valence-electron chi connectivity index (χ1n) is 6.00. The molecule has 0 radical (unpaired) electrons. The molecule has 0 aliphatic rings. The van der Waals surface area contributed by atoms with E-state index in [0.29, 0.717) is 10.3 Å². The van der Waals surface area contributed by atoms with Crippen molar-refractivity contribution in [1.82, 2.24) is 14.8 Å². The molecular weight excluding hydrogens is 313 g/mol. The Morgan fingerprint density at radius 2 is 2.16 bits per heavy atom. The molecule has 0 saturated heterocycles. The molecule has 1 atom stereocenters. The van der Waals surface area contributed by atoms with Gasteiger partial charge in [-0.2, -0.15) is 5.10 Å². The lowest BCUT2D eigenvalue weighted by Crippen LogP contribution is -2.13. The van der Waals surface area contributed by atoms with Gasteiger partial charge in [0, 0.05) is 22.5 Å². The van der Waals surface area contributed by atoms with Crippen molar-refractivity contribution in [2.24, 2.45) is 0 Å². The third kappa shape index (κ3) is 3.19. The van der Waals surface area contributed by atoms with Crippen LogP contribution in [0.4, 0.5) is 4.39 Å². The molecule has 0 aliphatic heterocycles. The molecule has 1 N–H and O–H groups in total. The van der Waals surface area contributed by atoms with Crippen molar-refractivity contribution in [2.75, 3.05) is 0 Å². The molecule has 6 heteroatoms. The van der Waals surface area contributed by atoms with E-state index in [1.807, 2.05) is 13.8 Å². The standard InChI is InChI=1S/C13H15BrFN3O/c1-8(2)18-13(16-7-17-18)6-12(19)10-4-3-9(14)5-11(10)15/h3-5,7-8,12,19H,6H2,1-2H3. The van der Waals surface area contributed by atoms with Gasteiger partial charge in [-0.25, -0.2) is 14.1 Å². The second-order valence-electron chi connectivity index (χ2n) is 4.60. The van der Waals surface area contributed by atoms with Crippen molar-refractivity contribution in [3.05, 3.63) is 46.2 Å². The molecule has 1 aromatic carbocycles. The SMILES string of the molecule is CC(C)n1ncnc1CC(O)c1ccc(Br)cc1F. The van der Waals surface area contributed by atoms with Gasteiger partial charge in [0.2, 0.25) is 0 Å². The summed E-state index contributed by atoms with van der Waals surface area (Å²) in [5.74, 6) is 0.210. The summed E-state index contributed by atoms with van der Waals surface area (Å²) in [6, 6.07) is 4.76. The fourth-order valence-electron chi connectivity index (χ4n) is 1.91. The Morgan fingerprint density at radius 3 is 2.79 bits per heavy atom. The van der Waals surface area contributed by atoms with Crippen molar-refractivity contribution < 1.29 is 9.50 Å². The van der Waals surface area contributed by atoms with Crippen LogP contribution < -0.4 is 0 Å². The lowest BCUT2D eigenvalue weighted by atomic mass is 10.1. The summed E-state index contributed by atoms with van der Waals surface area (Å²) >= 11 is 3.19. The third-order valence-electron chi connectivity index (χ3n) is 2.83. The number of nitrogens with zero attached hydrogens (tertiary/aromatic N) is 3. The first-order chi connectivity index (χ1) is 8.99. The molecule has 0 spiro atoms. The third-order valence-corrected chi connectivity index (χ3v) is 3.33. The lowest BCUT2D eigenvalue weighted by Gasteiger charge is -2.14. The van der Waals surface area contributed by atoms with E-state index in [1.54, 1.807) is 16.8 Å². The summed E-state index contributed by atoms with van der Waals surface area (Å²) < 4.78 is 16.1. The van der Waals surface area contributed by atoms with E-state index in [9.17, 15) is 9.50 Å². The topological polar surface area (TPSA) is 50.9 Å². The highest BCUT2D eigenvalue weighted by Gasteiger charge is 2.17. The van der Waals surface area contributed by atoms with Crippen LogP contribution in [0.2, 0.25) is 0 Å². The Morgan fingerprint density at radius 1 is 1.42 bits per heavy atom. The van der Waals surface area contributed by atoms with E-state index in [0.717, 1.165) is 0 Å². The van der Waals surface area contributed by atoms with E-state index < -0.39 is 11.9 Å². The van der Waals surface area contributed by atoms with Gasteiger partial charge in [0.1, 0.15) is 18.0 Å². The maximum absolute atomic E-state index is 13.8. The van der Waals surface area contributed by atoms with Gasteiger partial charge in [0.15, 0.2) is 0 Å². The molecule has 1 unspecified atom stereocenters. The predicted octanol–water partition coefficient (Wildman–Crippen LogP) is 3.04. The van der Waals surface area contributed by atoms with Gasteiger partial charge in [-0.15, -0.1) is 0 Å². The summed E-state index contributed by atoms with van der Waals surface area (Å²) in [5, 5.41) is 14.2. The van der Waals surface area contributed by atoms with E-state index in [-0.39, 0.29) is 18.0 Å². The highest BCUT2D eigenvalue weighted by Crippen LogP contribution is 2.23. The maximum Gasteiger partial charge on any atom is 0.138 e. The first-order valence-corrected chi connectivity index (χ1v) is 6.79. The highest BCUT2D eigenvalue weighted by atomic mass is 79.9. The molecular formula is C13H15BrFN3O. The molecule has 0 aliphatic carbocycles. The van der Waals surface area contributed by atoms with Crippen LogP contribution in [0.5, 0.6) is 0 Å². The van der Waals surface area contributed by atoms with Crippen molar-refractivity contribution >= 4 is 15.9 Å². The fourth-order valence-corrected chi connectivity index (χ4v) is 2.24. The predicted molar refractivity (Wildman–Crippen MR) is 73.2 cm³/mol. The van der Waals surface area contributed by atoms with Gasteiger partial charge in [-0.3, -0.25) is 0 Å². The Hall–Kier alpha value is -1.27. The minimum Gasteiger partial charge on any atom is -0.388 e. The quantitative estimate of drug-likeness (QED) is 0.939. The molecule has 19 heavy (non-hydrogen) atoms. The molecule has 2 aromatic rings. The van der Waals surface area contributed by atoms with Gasteiger partial charge in [-0.1, -0.05) is 22.0 Å². The van der Waals surface area contributed by atoms with Gasteiger partial charge in [0.05, 0.1) is 6.10 Å². The zero-order valence-electron chi connectivity index (χ0n) is 10.7. The van der Waals surface area contributed by atoms with Crippen LogP contribution in [0.1, 0.15) is 37.4 Å². The van der Waals surface area contributed by atoms with Crippen molar-refractivity contribution in [3.8, 4) is 0 Å². The molecule has 1 aromatic heterocycles. The van der Waals surface area contributed by atoms with Crippen LogP contribution in [-0.4, -0.2) is 19.9 Å². The van der Waals surface area contributed by atoms with E-state index in [1.165, 1.54) is 12.4 Å². The Balaban J connectivity index is 2.21. The second-order valence-corrected chi connectivity index (χ2v) is 5.52. The Kier molecular flexibility index (Phi) is 4.31. The summed E-state index contributed by atoms with van der Waals surface area (Å²) in [7, 11) is 0. The largest absolute Gasteiger partial charge is 0.388 e. The van der Waals surface area contributed by atoms with Gasteiger partial charge < -0.3 is 5.11 Å². The molecule has 0 bridgehead atoms. The number of hydrogen-bond donors (Lipinski definition) is 1. The molecule has 102 valence electrons. The number of aliphatic hydroxyl groups is 1. The number of rotatable bonds is 4. The zero-order valence-corrected chi connectivity index (χ0v) is 12.3. The Labute approximate surface area is 119 Å². The fraction of sp³-hybridized carbons (Fsp3) is 0.385.